The van der Waals surface area contributed by atoms with Gasteiger partial charge in [0.1, 0.15) is 0 Å². The molecule has 0 atom stereocenters. The number of hydrogen-bond donors (Lipinski definition) is 0. The first kappa shape index (κ1) is 6.87. The third kappa shape index (κ3) is 5.87. The van der Waals surface area contributed by atoms with E-state index in [1.165, 1.54) is 0 Å². The quantitative estimate of drug-likeness (QED) is 0.424. The molecule has 0 aromatic rings. The topological polar surface area (TPSA) is 23.8 Å². The molecule has 0 rings (SSSR count). The smallest absolute Gasteiger partial charge is 0.0818 e. The Labute approximate surface area is 52.9 Å². The van der Waals surface area contributed by atoms with Crippen molar-refractivity contribution in [3.8, 4) is 6.07 Å². The summed E-state index contributed by atoms with van der Waals surface area (Å²) < 4.78 is 0.390. The summed E-state index contributed by atoms with van der Waals surface area (Å²) in [5.74, 6) is 0. The maximum absolute atomic E-state index is 7.95. The van der Waals surface area contributed by atoms with E-state index < -0.39 is 0 Å². The second-order valence-corrected chi connectivity index (χ2v) is 2.19. The maximum atomic E-state index is 7.95. The van der Waals surface area contributed by atoms with Crippen molar-refractivity contribution in [2.24, 2.45) is 0 Å². The van der Waals surface area contributed by atoms with Crippen molar-refractivity contribution in [2.75, 3.05) is 0 Å². The van der Waals surface area contributed by atoms with Gasteiger partial charge in [-0.1, -0.05) is 23.8 Å². The highest BCUT2D eigenvalue weighted by Crippen LogP contribution is 1.94. The number of nitriles is 1. The molecule has 0 fully saturated rings. The van der Waals surface area contributed by atoms with Crippen LogP contribution in [0.25, 0.3) is 0 Å². The van der Waals surface area contributed by atoms with E-state index in [0.717, 1.165) is 0 Å². The second kappa shape index (κ2) is 4.04. The van der Waals surface area contributed by atoms with Gasteiger partial charge in [-0.05, 0) is 0 Å². The Hall–Kier alpha value is -0.130. The van der Waals surface area contributed by atoms with Crippen LogP contribution in [0.1, 0.15) is 12.8 Å². The lowest BCUT2D eigenvalue weighted by Gasteiger charge is -1.80. The van der Waals surface area contributed by atoms with Crippen LogP contribution >= 0.6 is 23.8 Å². The minimum absolute atomic E-state index is 0.390. The lowest BCUT2D eigenvalue weighted by Crippen LogP contribution is -1.77. The molecule has 0 aliphatic heterocycles. The zero-order valence-corrected chi connectivity index (χ0v) is 5.22. The largest absolute Gasteiger partial charge is 0.198 e. The fourth-order valence-corrected chi connectivity index (χ4v) is 0.351. The SMILES string of the molecule is N#CCCC(=S)Cl. The average molecular weight is 134 g/mol. The van der Waals surface area contributed by atoms with Gasteiger partial charge in [0.05, 0.1) is 10.4 Å². The first-order valence-electron chi connectivity index (χ1n) is 1.82. The fourth-order valence-electron chi connectivity index (χ4n) is 0.154. The summed E-state index contributed by atoms with van der Waals surface area (Å²) in [7, 11) is 0. The van der Waals surface area contributed by atoms with Gasteiger partial charge in [-0.25, -0.2) is 0 Å². The van der Waals surface area contributed by atoms with Crippen molar-refractivity contribution >= 4 is 28.1 Å². The van der Waals surface area contributed by atoms with Gasteiger partial charge < -0.3 is 0 Å². The van der Waals surface area contributed by atoms with E-state index in [4.69, 9.17) is 16.9 Å². The normalized spacial score (nSPS) is 7.43. The summed E-state index contributed by atoms with van der Waals surface area (Å²) in [6, 6.07) is 1.93. The molecule has 0 aromatic heterocycles. The van der Waals surface area contributed by atoms with Gasteiger partial charge in [0.15, 0.2) is 0 Å². The van der Waals surface area contributed by atoms with E-state index in [1.807, 2.05) is 6.07 Å². The first-order valence-corrected chi connectivity index (χ1v) is 2.61. The minimum Gasteiger partial charge on any atom is -0.198 e. The predicted molar refractivity (Wildman–Crippen MR) is 33.3 cm³/mol. The molecular formula is C4H4ClNS. The van der Waals surface area contributed by atoms with E-state index in [0.29, 0.717) is 17.2 Å². The second-order valence-electron chi connectivity index (χ2n) is 1.01. The molecule has 0 N–H and O–H groups in total. The van der Waals surface area contributed by atoms with Crippen molar-refractivity contribution in [2.45, 2.75) is 12.8 Å². The van der Waals surface area contributed by atoms with Crippen LogP contribution in [0.4, 0.5) is 0 Å². The standard InChI is InChI=1S/C4H4ClNS/c5-4(7)2-1-3-6/h1-2H2. The summed E-state index contributed by atoms with van der Waals surface area (Å²) >= 11 is 9.71. The summed E-state index contributed by atoms with van der Waals surface area (Å²) in [4.78, 5) is 0. The molecule has 38 valence electrons. The Morgan fingerprint density at radius 2 is 2.43 bits per heavy atom. The van der Waals surface area contributed by atoms with Gasteiger partial charge in [-0.15, -0.1) is 0 Å². The third-order valence-corrected chi connectivity index (χ3v) is 0.826. The van der Waals surface area contributed by atoms with E-state index in [-0.39, 0.29) is 0 Å². The Bertz CT molecular complexity index is 105. The van der Waals surface area contributed by atoms with Gasteiger partial charge in [-0.3, -0.25) is 0 Å². The molecule has 0 saturated heterocycles. The van der Waals surface area contributed by atoms with Gasteiger partial charge >= 0.3 is 0 Å². The predicted octanol–water partition coefficient (Wildman–Crippen LogP) is 1.86. The molecule has 0 amide bonds. The molecule has 0 bridgehead atoms. The van der Waals surface area contributed by atoms with Crippen LogP contribution in [0.2, 0.25) is 0 Å². The van der Waals surface area contributed by atoms with Crippen LogP contribution < -0.4 is 0 Å². The summed E-state index contributed by atoms with van der Waals surface area (Å²) in [5, 5.41) is 7.95. The lowest BCUT2D eigenvalue weighted by atomic mass is 10.4. The zero-order chi connectivity index (χ0) is 5.70. The van der Waals surface area contributed by atoms with Crippen LogP contribution in [0.3, 0.4) is 0 Å². The summed E-state index contributed by atoms with van der Waals surface area (Å²) in [6.45, 7) is 0. The van der Waals surface area contributed by atoms with Crippen LogP contribution in [0.15, 0.2) is 0 Å². The monoisotopic (exact) mass is 133 g/mol. The summed E-state index contributed by atoms with van der Waals surface area (Å²) in [5.41, 5.74) is 0. The van der Waals surface area contributed by atoms with Crippen molar-refractivity contribution in [1.29, 1.82) is 5.26 Å². The highest BCUT2D eigenvalue weighted by atomic mass is 35.5. The molecule has 1 nitrogen and oxygen atoms in total. The number of hydrogen-bond acceptors (Lipinski definition) is 2. The molecule has 3 heteroatoms. The van der Waals surface area contributed by atoms with Crippen molar-refractivity contribution in [1.82, 2.24) is 0 Å². The lowest BCUT2D eigenvalue weighted by molar-refractivity contribution is 1.13. The molecule has 0 radical (unpaired) electrons. The van der Waals surface area contributed by atoms with Gasteiger partial charge in [-0.2, -0.15) is 5.26 Å². The molecule has 0 aliphatic carbocycles. The summed E-state index contributed by atoms with van der Waals surface area (Å²) in [6.07, 6.45) is 0.968. The third-order valence-electron chi connectivity index (χ3n) is 0.433. The van der Waals surface area contributed by atoms with Crippen molar-refractivity contribution in [3.05, 3.63) is 0 Å². The molecule has 0 spiro atoms. The fraction of sp³-hybridized carbons (Fsp3) is 0.500. The molecule has 7 heavy (non-hydrogen) atoms. The molecule has 0 aliphatic rings. The Morgan fingerprint density at radius 1 is 1.86 bits per heavy atom. The maximum Gasteiger partial charge on any atom is 0.0818 e. The van der Waals surface area contributed by atoms with Gasteiger partial charge in [0.25, 0.3) is 0 Å². The zero-order valence-electron chi connectivity index (χ0n) is 3.65. The molecular weight excluding hydrogens is 130 g/mol. The van der Waals surface area contributed by atoms with E-state index in [9.17, 15) is 0 Å². The number of halogens is 1. The van der Waals surface area contributed by atoms with Crippen LogP contribution in [0, 0.1) is 11.3 Å². The van der Waals surface area contributed by atoms with E-state index in [2.05, 4.69) is 12.2 Å². The van der Waals surface area contributed by atoms with E-state index in [1.54, 1.807) is 0 Å². The molecule has 0 saturated carbocycles. The number of nitrogens with zero attached hydrogens (tertiary/aromatic N) is 1. The average Bonchev–Trinajstić information content (AvgIpc) is 1.61. The molecule has 0 unspecified atom stereocenters. The van der Waals surface area contributed by atoms with E-state index >= 15 is 0 Å². The first-order chi connectivity index (χ1) is 3.27. The minimum atomic E-state index is 0.390. The highest BCUT2D eigenvalue weighted by molar-refractivity contribution is 7.83. The van der Waals surface area contributed by atoms with Crippen LogP contribution in [-0.4, -0.2) is 4.32 Å². The van der Waals surface area contributed by atoms with Crippen LogP contribution in [-0.2, 0) is 0 Å². The Kier molecular flexibility index (Phi) is 3.97. The van der Waals surface area contributed by atoms with Gasteiger partial charge in [0, 0.05) is 12.8 Å². The molecule has 0 heterocycles. The van der Waals surface area contributed by atoms with Gasteiger partial charge in [0.2, 0.25) is 0 Å². The van der Waals surface area contributed by atoms with Crippen molar-refractivity contribution in [3.63, 3.8) is 0 Å². The van der Waals surface area contributed by atoms with Crippen LogP contribution in [0.5, 0.6) is 0 Å². The Balaban J connectivity index is 3.02. The van der Waals surface area contributed by atoms with Crippen molar-refractivity contribution < 1.29 is 0 Å². The number of rotatable bonds is 2. The highest BCUT2D eigenvalue weighted by Gasteiger charge is 1.85. The number of thiocarbonyl (C=S) groups is 1. The molecule has 0 aromatic carbocycles. The Morgan fingerprint density at radius 3 is 2.57 bits per heavy atom.